The van der Waals surface area contributed by atoms with Gasteiger partial charge in [-0.1, -0.05) is 52.7 Å². The topological polar surface area (TPSA) is 88.5 Å². The second-order valence-electron chi connectivity index (χ2n) is 8.77. The van der Waals surface area contributed by atoms with E-state index in [1.54, 1.807) is 0 Å². The molecular formula is C26H27N5O3. The predicted molar refractivity (Wildman–Crippen MR) is 127 cm³/mol. The minimum atomic E-state index is 0.0860. The van der Waals surface area contributed by atoms with Crippen LogP contribution in [0.25, 0.3) is 22.7 Å². The lowest BCUT2D eigenvalue weighted by Crippen LogP contribution is -2.48. The molecule has 0 spiro atoms. The van der Waals surface area contributed by atoms with Gasteiger partial charge in [-0.2, -0.15) is 0 Å². The lowest BCUT2D eigenvalue weighted by atomic mass is 10.1. The number of aryl methyl sites for hydroxylation is 3. The van der Waals surface area contributed by atoms with E-state index in [1.807, 2.05) is 68.1 Å². The van der Waals surface area contributed by atoms with Crippen LogP contribution in [0.4, 0.5) is 0 Å². The second-order valence-corrected chi connectivity index (χ2v) is 8.77. The Morgan fingerprint density at radius 1 is 0.941 bits per heavy atom. The normalized spacial score (nSPS) is 14.5. The number of hydrogen-bond donors (Lipinski definition) is 0. The van der Waals surface area contributed by atoms with Gasteiger partial charge < -0.3 is 13.8 Å². The number of rotatable bonds is 5. The average molecular weight is 458 g/mol. The first-order valence-electron chi connectivity index (χ1n) is 11.4. The van der Waals surface area contributed by atoms with Crippen LogP contribution < -0.4 is 0 Å². The summed E-state index contributed by atoms with van der Waals surface area (Å²) in [4.78, 5) is 17.1. The van der Waals surface area contributed by atoms with Crippen molar-refractivity contribution < 1.29 is 13.7 Å². The number of carbonyl (C=O) groups excluding carboxylic acids is 1. The smallest absolute Gasteiger partial charge is 0.253 e. The molecule has 1 amide bonds. The van der Waals surface area contributed by atoms with Crippen molar-refractivity contribution in [1.29, 1.82) is 0 Å². The summed E-state index contributed by atoms with van der Waals surface area (Å²) in [6.07, 6.45) is 0. The molecule has 174 valence electrons. The fraction of sp³-hybridized carbons (Fsp3) is 0.308. The number of amides is 1. The highest BCUT2D eigenvalue weighted by Crippen LogP contribution is 2.33. The van der Waals surface area contributed by atoms with E-state index in [0.717, 1.165) is 35.3 Å². The third-order valence-electron chi connectivity index (χ3n) is 6.08. The van der Waals surface area contributed by atoms with Gasteiger partial charge in [0.2, 0.25) is 5.89 Å². The molecule has 8 heteroatoms. The van der Waals surface area contributed by atoms with E-state index < -0.39 is 0 Å². The van der Waals surface area contributed by atoms with Crippen molar-refractivity contribution in [1.82, 2.24) is 25.2 Å². The third kappa shape index (κ3) is 4.49. The first-order chi connectivity index (χ1) is 16.5. The molecule has 0 atom stereocenters. The Bertz CT molecular complexity index is 1280. The van der Waals surface area contributed by atoms with Gasteiger partial charge in [-0.3, -0.25) is 9.69 Å². The molecule has 5 rings (SSSR count). The summed E-state index contributed by atoms with van der Waals surface area (Å²) in [5, 5.41) is 12.7. The fourth-order valence-corrected chi connectivity index (χ4v) is 4.42. The summed E-state index contributed by atoms with van der Waals surface area (Å²) < 4.78 is 11.4. The zero-order chi connectivity index (χ0) is 23.7. The molecule has 34 heavy (non-hydrogen) atoms. The van der Waals surface area contributed by atoms with Gasteiger partial charge in [-0.05, 0) is 32.9 Å². The Kier molecular flexibility index (Phi) is 5.98. The Morgan fingerprint density at radius 2 is 1.65 bits per heavy atom. The van der Waals surface area contributed by atoms with Crippen molar-refractivity contribution >= 4 is 5.91 Å². The predicted octanol–water partition coefficient (Wildman–Crippen LogP) is 4.27. The second kappa shape index (κ2) is 9.23. The Hall–Kier alpha value is -3.78. The molecule has 1 saturated heterocycles. The number of piperazine rings is 1. The summed E-state index contributed by atoms with van der Waals surface area (Å²) in [5.41, 5.74) is 5.30. The largest absolute Gasteiger partial charge is 0.419 e. The van der Waals surface area contributed by atoms with Crippen molar-refractivity contribution in [2.24, 2.45) is 0 Å². The van der Waals surface area contributed by atoms with Crippen molar-refractivity contribution in [3.8, 4) is 22.7 Å². The van der Waals surface area contributed by atoms with Crippen LogP contribution in [0, 0.1) is 20.8 Å². The summed E-state index contributed by atoms with van der Waals surface area (Å²) in [7, 11) is 0. The Morgan fingerprint density at radius 3 is 2.35 bits per heavy atom. The molecular weight excluding hydrogens is 430 g/mol. The highest BCUT2D eigenvalue weighted by molar-refractivity contribution is 5.94. The zero-order valence-electron chi connectivity index (χ0n) is 19.6. The monoisotopic (exact) mass is 457 g/mol. The van der Waals surface area contributed by atoms with E-state index in [1.165, 1.54) is 0 Å². The van der Waals surface area contributed by atoms with Crippen LogP contribution in [-0.2, 0) is 6.54 Å². The van der Waals surface area contributed by atoms with Crippen molar-refractivity contribution in [2.45, 2.75) is 27.3 Å². The van der Waals surface area contributed by atoms with Crippen LogP contribution in [0.3, 0.4) is 0 Å². The van der Waals surface area contributed by atoms with E-state index in [0.29, 0.717) is 48.4 Å². The SMILES string of the molecule is Cc1cc(C)cc(C(=O)N2CCN(Cc3nnc(-c4c(-c5ccccc5)noc4C)o3)CC2)c1. The molecule has 2 aromatic heterocycles. The van der Waals surface area contributed by atoms with Crippen LogP contribution in [0.2, 0.25) is 0 Å². The Balaban J connectivity index is 1.24. The number of nitrogens with zero attached hydrogens (tertiary/aromatic N) is 5. The number of benzene rings is 2. The molecule has 8 nitrogen and oxygen atoms in total. The molecule has 0 N–H and O–H groups in total. The molecule has 4 aromatic rings. The molecule has 1 aliphatic heterocycles. The fourth-order valence-electron chi connectivity index (χ4n) is 4.42. The first kappa shape index (κ1) is 22.0. The molecule has 0 saturated carbocycles. The molecule has 0 radical (unpaired) electrons. The number of hydrogen-bond acceptors (Lipinski definition) is 7. The summed E-state index contributed by atoms with van der Waals surface area (Å²) in [6, 6.07) is 15.8. The maximum Gasteiger partial charge on any atom is 0.253 e. The van der Waals surface area contributed by atoms with E-state index in [-0.39, 0.29) is 5.91 Å². The van der Waals surface area contributed by atoms with Crippen molar-refractivity contribution in [3.63, 3.8) is 0 Å². The lowest BCUT2D eigenvalue weighted by molar-refractivity contribution is 0.0618. The van der Waals surface area contributed by atoms with Crippen molar-refractivity contribution in [2.75, 3.05) is 26.2 Å². The number of carbonyl (C=O) groups is 1. The van der Waals surface area contributed by atoms with Gasteiger partial charge >= 0.3 is 0 Å². The van der Waals surface area contributed by atoms with Gasteiger partial charge in [0.15, 0.2) is 0 Å². The van der Waals surface area contributed by atoms with Crippen LogP contribution in [-0.4, -0.2) is 57.2 Å². The quantitative estimate of drug-likeness (QED) is 0.442. The zero-order valence-corrected chi connectivity index (χ0v) is 19.6. The summed E-state index contributed by atoms with van der Waals surface area (Å²) >= 11 is 0. The standard InChI is InChI=1S/C26H27N5O3/c1-17-13-18(2)15-21(14-17)26(32)31-11-9-30(10-12-31)16-22-27-28-25(33-22)23-19(3)34-29-24(23)20-7-5-4-6-8-20/h4-8,13-15H,9-12,16H2,1-3H3. The maximum absolute atomic E-state index is 12.9. The van der Waals surface area contributed by atoms with Crippen LogP contribution in [0.5, 0.6) is 0 Å². The highest BCUT2D eigenvalue weighted by Gasteiger charge is 2.25. The van der Waals surface area contributed by atoms with Gasteiger partial charge in [0.1, 0.15) is 17.0 Å². The summed E-state index contributed by atoms with van der Waals surface area (Å²) in [6.45, 7) is 9.22. The van der Waals surface area contributed by atoms with Gasteiger partial charge in [0.05, 0.1) is 6.54 Å². The van der Waals surface area contributed by atoms with E-state index >= 15 is 0 Å². The molecule has 3 heterocycles. The molecule has 0 unspecified atom stereocenters. The Labute approximate surface area is 198 Å². The molecule has 0 bridgehead atoms. The van der Waals surface area contributed by atoms with E-state index in [9.17, 15) is 4.79 Å². The van der Waals surface area contributed by atoms with Gasteiger partial charge in [-0.15, -0.1) is 10.2 Å². The minimum Gasteiger partial charge on any atom is -0.419 e. The number of aromatic nitrogens is 3. The molecule has 2 aromatic carbocycles. The molecule has 1 fully saturated rings. The first-order valence-corrected chi connectivity index (χ1v) is 11.4. The third-order valence-corrected chi connectivity index (χ3v) is 6.08. The van der Waals surface area contributed by atoms with E-state index in [4.69, 9.17) is 8.94 Å². The molecule has 0 aliphatic carbocycles. The van der Waals surface area contributed by atoms with Crippen LogP contribution >= 0.6 is 0 Å². The maximum atomic E-state index is 12.9. The van der Waals surface area contributed by atoms with Gasteiger partial charge in [0, 0.05) is 37.3 Å². The van der Waals surface area contributed by atoms with Crippen LogP contribution in [0.15, 0.2) is 57.5 Å². The highest BCUT2D eigenvalue weighted by atomic mass is 16.5. The summed E-state index contributed by atoms with van der Waals surface area (Å²) in [5.74, 6) is 1.65. The average Bonchev–Trinajstić information content (AvgIpc) is 3.45. The minimum absolute atomic E-state index is 0.0860. The van der Waals surface area contributed by atoms with Gasteiger partial charge in [-0.25, -0.2) is 0 Å². The van der Waals surface area contributed by atoms with Crippen LogP contribution in [0.1, 0.15) is 33.1 Å². The lowest BCUT2D eigenvalue weighted by Gasteiger charge is -2.34. The molecule has 1 aliphatic rings. The van der Waals surface area contributed by atoms with Gasteiger partial charge in [0.25, 0.3) is 11.8 Å². The van der Waals surface area contributed by atoms with E-state index in [2.05, 4.69) is 26.3 Å². The van der Waals surface area contributed by atoms with Crippen molar-refractivity contribution in [3.05, 3.63) is 76.9 Å².